The Balaban J connectivity index is 0. The van der Waals surface area contributed by atoms with E-state index in [-0.39, 0.29) is 6.29 Å². The second kappa shape index (κ2) is 11.7. The van der Waals surface area contributed by atoms with Crippen LogP contribution in [0, 0.1) is 0 Å². The largest absolute Gasteiger partial charge is 0.394 e. The van der Waals surface area contributed by atoms with Crippen LogP contribution in [0.15, 0.2) is 0 Å². The maximum atomic E-state index is 10.2. The van der Waals surface area contributed by atoms with Crippen LogP contribution < -0.4 is 0 Å². The van der Waals surface area contributed by atoms with Gasteiger partial charge in [0.1, 0.15) is 24.1 Å². The van der Waals surface area contributed by atoms with Crippen LogP contribution in [0.25, 0.3) is 0 Å². The van der Waals surface area contributed by atoms with E-state index in [0.717, 1.165) is 19.3 Å². The third kappa shape index (κ3) is 11.4. The molecule has 4 N–H and O–H groups in total. The van der Waals surface area contributed by atoms with Crippen LogP contribution in [-0.2, 0) is 9.59 Å². The summed E-state index contributed by atoms with van der Waals surface area (Å²) in [7, 11) is 0. The molecule has 0 saturated heterocycles. The smallest absolute Gasteiger partial charge is 0.151 e. The summed E-state index contributed by atoms with van der Waals surface area (Å²) in [4.78, 5) is 20.0. The summed E-state index contributed by atoms with van der Waals surface area (Å²) in [6.45, 7) is 3.03. The maximum absolute atomic E-state index is 10.2. The predicted molar refractivity (Wildman–Crippen MR) is 61.4 cm³/mol. The number of aliphatic hydroxyl groups is 4. The number of Topliss-reactive ketones (excluding diaryl/α,β-unsaturated/α-hetero) is 1. The van der Waals surface area contributed by atoms with Gasteiger partial charge in [0.05, 0.1) is 6.61 Å². The minimum absolute atomic E-state index is 0.0869. The number of hydrogen-bond donors (Lipinski definition) is 4. The summed E-state index contributed by atoms with van der Waals surface area (Å²) in [5, 5.41) is 34.1. The van der Waals surface area contributed by atoms with Crippen molar-refractivity contribution in [2.45, 2.75) is 51.4 Å². The molecule has 0 radical (unpaired) electrons. The first kappa shape index (κ1) is 18.5. The monoisotopic (exact) mass is 250 g/mol. The lowest BCUT2D eigenvalue weighted by Crippen LogP contribution is -2.40. The molecule has 0 rings (SSSR count). The van der Waals surface area contributed by atoms with Gasteiger partial charge in [0.25, 0.3) is 0 Å². The van der Waals surface area contributed by atoms with Gasteiger partial charge in [-0.05, 0) is 13.3 Å². The van der Waals surface area contributed by atoms with E-state index in [4.69, 9.17) is 20.4 Å². The summed E-state index contributed by atoms with van der Waals surface area (Å²) in [5.41, 5.74) is 0. The lowest BCUT2D eigenvalue weighted by atomic mass is 10.1. The molecule has 0 saturated carbocycles. The summed E-state index contributed by atoms with van der Waals surface area (Å²) in [5.74, 6) is 0.307. The fourth-order valence-corrected chi connectivity index (χ4v) is 0.842. The molecule has 0 aliphatic heterocycles. The van der Waals surface area contributed by atoms with Crippen molar-refractivity contribution in [1.82, 2.24) is 0 Å². The average molecular weight is 250 g/mol. The van der Waals surface area contributed by atoms with Gasteiger partial charge >= 0.3 is 0 Å². The fourth-order valence-electron chi connectivity index (χ4n) is 0.842. The van der Waals surface area contributed by atoms with Crippen LogP contribution in [0.3, 0.4) is 0 Å². The molecule has 0 spiro atoms. The number of rotatable bonds is 7. The molecule has 17 heavy (non-hydrogen) atoms. The lowest BCUT2D eigenvalue weighted by molar-refractivity contribution is -0.127. The number of aliphatic hydroxyl groups excluding tert-OH is 4. The Hall–Kier alpha value is -0.820. The Morgan fingerprint density at radius 1 is 1.29 bits per heavy atom. The first-order valence-corrected chi connectivity index (χ1v) is 5.50. The van der Waals surface area contributed by atoms with Crippen molar-refractivity contribution in [3.63, 3.8) is 0 Å². The van der Waals surface area contributed by atoms with Gasteiger partial charge in [0.15, 0.2) is 6.29 Å². The summed E-state index contributed by atoms with van der Waals surface area (Å²) in [6.07, 6.45) is -1.69. The Morgan fingerprint density at radius 2 is 1.82 bits per heavy atom. The Labute approximate surface area is 101 Å². The highest BCUT2D eigenvalue weighted by atomic mass is 16.4. The number of unbranched alkanes of at least 4 members (excludes halogenated alkanes) is 1. The molecule has 0 heterocycles. The average Bonchev–Trinajstić information content (AvgIpc) is 2.33. The van der Waals surface area contributed by atoms with Gasteiger partial charge in [-0.25, -0.2) is 0 Å². The molecule has 0 aliphatic carbocycles. The van der Waals surface area contributed by atoms with E-state index in [9.17, 15) is 9.59 Å². The zero-order valence-electron chi connectivity index (χ0n) is 10.2. The molecule has 0 amide bonds. The molecule has 6 heteroatoms. The van der Waals surface area contributed by atoms with Gasteiger partial charge in [-0.15, -0.1) is 0 Å². The van der Waals surface area contributed by atoms with E-state index in [1.807, 2.05) is 0 Å². The highest BCUT2D eigenvalue weighted by molar-refractivity contribution is 5.75. The first-order chi connectivity index (χ1) is 7.90. The quantitative estimate of drug-likeness (QED) is 0.432. The highest BCUT2D eigenvalue weighted by Crippen LogP contribution is 1.96. The predicted octanol–water partition coefficient (Wildman–Crippen LogP) is -0.974. The fraction of sp³-hybridized carbons (Fsp3) is 0.818. The minimum atomic E-state index is -1.64. The van der Waals surface area contributed by atoms with E-state index < -0.39 is 24.9 Å². The third-order valence-corrected chi connectivity index (χ3v) is 1.95. The number of hydrogen-bond acceptors (Lipinski definition) is 6. The number of carbonyl (C=O) groups is 2. The second-order valence-corrected chi connectivity index (χ2v) is 3.67. The number of aldehydes is 1. The van der Waals surface area contributed by atoms with Gasteiger partial charge < -0.3 is 30.0 Å². The molecule has 0 unspecified atom stereocenters. The summed E-state index contributed by atoms with van der Waals surface area (Å²) >= 11 is 0. The number of carbonyl (C=O) groups excluding carboxylic acids is 2. The van der Waals surface area contributed by atoms with Crippen molar-refractivity contribution in [3.05, 3.63) is 0 Å². The first-order valence-electron chi connectivity index (χ1n) is 5.50. The van der Waals surface area contributed by atoms with Crippen molar-refractivity contribution < 1.29 is 30.0 Å². The van der Waals surface area contributed by atoms with Crippen molar-refractivity contribution in [2.75, 3.05) is 6.61 Å². The van der Waals surface area contributed by atoms with Crippen LogP contribution in [0.4, 0.5) is 0 Å². The van der Waals surface area contributed by atoms with Crippen LogP contribution in [-0.4, -0.2) is 57.4 Å². The van der Waals surface area contributed by atoms with E-state index in [1.54, 1.807) is 6.92 Å². The topological polar surface area (TPSA) is 115 Å². The molecule has 6 nitrogen and oxygen atoms in total. The van der Waals surface area contributed by atoms with Gasteiger partial charge in [-0.1, -0.05) is 13.3 Å². The van der Waals surface area contributed by atoms with Gasteiger partial charge in [-0.2, -0.15) is 0 Å². The standard InChI is InChI=1S/C6H12O.C5H10O5/c1-3-4-5-6(2)7;6-1-3(8)5(10)4(9)2-7/h3-5H2,1-2H3;1,3-5,7-10H,2H2/t;3-,4+,5-/m.0/s1. The number of ketones is 1. The van der Waals surface area contributed by atoms with Crippen molar-refractivity contribution in [3.8, 4) is 0 Å². The van der Waals surface area contributed by atoms with Crippen molar-refractivity contribution in [2.24, 2.45) is 0 Å². The maximum Gasteiger partial charge on any atom is 0.151 e. The molecular formula is C11H22O6. The molecule has 0 aliphatic rings. The van der Waals surface area contributed by atoms with Gasteiger partial charge in [0.2, 0.25) is 0 Å². The van der Waals surface area contributed by atoms with Crippen LogP contribution >= 0.6 is 0 Å². The van der Waals surface area contributed by atoms with E-state index in [0.29, 0.717) is 5.78 Å². The minimum Gasteiger partial charge on any atom is -0.394 e. The lowest BCUT2D eigenvalue weighted by Gasteiger charge is -2.16. The second-order valence-electron chi connectivity index (χ2n) is 3.67. The Bertz CT molecular complexity index is 206. The molecule has 0 bridgehead atoms. The van der Waals surface area contributed by atoms with Gasteiger partial charge in [-0.3, -0.25) is 0 Å². The Kier molecular flexibility index (Phi) is 12.7. The molecule has 0 fully saturated rings. The molecule has 0 aromatic carbocycles. The van der Waals surface area contributed by atoms with Crippen LogP contribution in [0.2, 0.25) is 0 Å². The summed E-state index contributed by atoms with van der Waals surface area (Å²) < 4.78 is 0. The summed E-state index contributed by atoms with van der Waals surface area (Å²) in [6, 6.07) is 0. The van der Waals surface area contributed by atoms with Crippen LogP contribution in [0.1, 0.15) is 33.1 Å². The molecular weight excluding hydrogens is 228 g/mol. The van der Waals surface area contributed by atoms with Gasteiger partial charge in [0, 0.05) is 6.42 Å². The Morgan fingerprint density at radius 3 is 2.06 bits per heavy atom. The highest BCUT2D eigenvalue weighted by Gasteiger charge is 2.22. The van der Waals surface area contributed by atoms with Crippen LogP contribution in [0.5, 0.6) is 0 Å². The molecule has 3 atom stereocenters. The van der Waals surface area contributed by atoms with E-state index >= 15 is 0 Å². The SMILES string of the molecule is CCCCC(C)=O.O=C[C@H](O)[C@H](O)[C@H](O)CO. The zero-order chi connectivity index (χ0) is 13.8. The van der Waals surface area contributed by atoms with E-state index in [2.05, 4.69) is 6.92 Å². The molecule has 0 aromatic heterocycles. The zero-order valence-corrected chi connectivity index (χ0v) is 10.2. The third-order valence-electron chi connectivity index (χ3n) is 1.95. The normalized spacial score (nSPS) is 15.2. The van der Waals surface area contributed by atoms with E-state index in [1.165, 1.54) is 0 Å². The van der Waals surface area contributed by atoms with Crippen molar-refractivity contribution >= 4 is 12.1 Å². The van der Waals surface area contributed by atoms with Crippen molar-refractivity contribution in [1.29, 1.82) is 0 Å². The molecule has 102 valence electrons. The molecule has 0 aromatic rings.